The molecule has 1 aliphatic rings. The molecule has 1 aromatic heterocycles. The van der Waals surface area contributed by atoms with Crippen molar-refractivity contribution in [1.29, 1.82) is 0 Å². The van der Waals surface area contributed by atoms with Gasteiger partial charge in [0.15, 0.2) is 0 Å². The average molecular weight is 260 g/mol. The molecule has 0 N–H and O–H groups in total. The fraction of sp³-hybridized carbons (Fsp3) is 0.444. The molecule has 0 radical (unpaired) electrons. The highest BCUT2D eigenvalue weighted by atomic mass is 79.9. The summed E-state index contributed by atoms with van der Waals surface area (Å²) in [5.41, 5.74) is 0.111. The van der Waals surface area contributed by atoms with E-state index in [0.29, 0.717) is 0 Å². The van der Waals surface area contributed by atoms with Gasteiger partial charge in [0.1, 0.15) is 0 Å². The van der Waals surface area contributed by atoms with E-state index < -0.39 is 0 Å². The number of ether oxygens (including phenoxy) is 1. The van der Waals surface area contributed by atoms with Crippen LogP contribution in [0.4, 0.5) is 0 Å². The smallest absolute Gasteiger partial charge is 0.0982 e. The summed E-state index contributed by atoms with van der Waals surface area (Å²) in [7, 11) is 0. The van der Waals surface area contributed by atoms with E-state index in [9.17, 15) is 0 Å². The van der Waals surface area contributed by atoms with E-state index in [1.54, 1.807) is 11.8 Å². The molecule has 0 aromatic carbocycles. The van der Waals surface area contributed by atoms with Gasteiger partial charge in [0, 0.05) is 16.4 Å². The Bertz CT molecular complexity index is 297. The Kier molecular flexibility index (Phi) is 2.62. The van der Waals surface area contributed by atoms with Crippen LogP contribution in [0.3, 0.4) is 0 Å². The van der Waals surface area contributed by atoms with Crippen LogP contribution in [0.25, 0.3) is 0 Å². The molecule has 1 unspecified atom stereocenters. The number of aromatic nitrogens is 1. The first-order valence-corrected chi connectivity index (χ1v) is 5.84. The molecule has 1 fully saturated rings. The van der Waals surface area contributed by atoms with Gasteiger partial charge in [0.2, 0.25) is 0 Å². The fourth-order valence-electron chi connectivity index (χ4n) is 0.881. The molecule has 2 heterocycles. The Balaban J connectivity index is 1.91. The van der Waals surface area contributed by atoms with Gasteiger partial charge in [-0.15, -0.1) is 11.8 Å². The van der Waals surface area contributed by atoms with Crippen LogP contribution in [0.1, 0.15) is 6.92 Å². The molecule has 1 aliphatic heterocycles. The molecule has 0 amide bonds. The molecule has 70 valence electrons. The number of rotatable bonds is 3. The van der Waals surface area contributed by atoms with Gasteiger partial charge in [-0.05, 0) is 35.0 Å². The van der Waals surface area contributed by atoms with E-state index >= 15 is 0 Å². The average Bonchev–Trinajstić information content (AvgIpc) is 2.84. The molecule has 0 spiro atoms. The van der Waals surface area contributed by atoms with E-state index in [1.165, 1.54) is 0 Å². The van der Waals surface area contributed by atoms with Gasteiger partial charge in [-0.1, -0.05) is 0 Å². The summed E-state index contributed by atoms with van der Waals surface area (Å²) >= 11 is 5.09. The van der Waals surface area contributed by atoms with Crippen LogP contribution >= 0.6 is 27.7 Å². The normalized spacial score (nSPS) is 26.0. The number of thioether (sulfide) groups is 1. The van der Waals surface area contributed by atoms with Crippen molar-refractivity contribution >= 4 is 27.7 Å². The van der Waals surface area contributed by atoms with Crippen LogP contribution in [0.2, 0.25) is 0 Å². The predicted molar refractivity (Wildman–Crippen MR) is 57.0 cm³/mol. The third kappa shape index (κ3) is 2.69. The minimum absolute atomic E-state index is 0.111. The molecule has 1 atom stereocenters. The summed E-state index contributed by atoms with van der Waals surface area (Å²) in [6, 6.07) is 4.02. The Morgan fingerprint density at radius 3 is 3.00 bits per heavy atom. The predicted octanol–water partition coefficient (Wildman–Crippen LogP) is 2.73. The highest BCUT2D eigenvalue weighted by Gasteiger charge is 2.39. The molecular formula is C9H10BrNOS. The maximum atomic E-state index is 5.28. The van der Waals surface area contributed by atoms with Gasteiger partial charge in [0.05, 0.1) is 17.2 Å². The van der Waals surface area contributed by atoms with Crippen LogP contribution in [0.15, 0.2) is 27.8 Å². The van der Waals surface area contributed by atoms with Crippen molar-refractivity contribution in [3.8, 4) is 0 Å². The summed E-state index contributed by atoms with van der Waals surface area (Å²) in [5, 5.41) is 1.06. The van der Waals surface area contributed by atoms with Crippen molar-refractivity contribution in [3.63, 3.8) is 0 Å². The zero-order chi connectivity index (χ0) is 9.31. The molecule has 2 nitrogen and oxygen atoms in total. The van der Waals surface area contributed by atoms with E-state index in [-0.39, 0.29) is 5.60 Å². The van der Waals surface area contributed by atoms with Gasteiger partial charge in [-0.25, -0.2) is 4.98 Å². The van der Waals surface area contributed by atoms with Crippen molar-refractivity contribution in [2.75, 3.05) is 12.4 Å². The highest BCUT2D eigenvalue weighted by molar-refractivity contribution is 9.10. The van der Waals surface area contributed by atoms with Crippen molar-refractivity contribution in [1.82, 2.24) is 4.98 Å². The molecule has 1 saturated heterocycles. The van der Waals surface area contributed by atoms with Crippen molar-refractivity contribution in [2.24, 2.45) is 0 Å². The first-order chi connectivity index (χ1) is 6.18. The van der Waals surface area contributed by atoms with E-state index in [0.717, 1.165) is 21.9 Å². The Morgan fingerprint density at radius 1 is 1.69 bits per heavy atom. The second kappa shape index (κ2) is 3.59. The summed E-state index contributed by atoms with van der Waals surface area (Å²) in [6.07, 6.45) is 1.82. The number of nitrogens with zero attached hydrogens (tertiary/aromatic N) is 1. The minimum Gasteiger partial charge on any atom is -0.369 e. The Hall–Kier alpha value is -0.0600. The standard InChI is InChI=1S/C9H10BrNOS/c1-9(5-12-9)6-13-8-3-2-7(10)4-11-8/h2-4H,5-6H2,1H3. The summed E-state index contributed by atoms with van der Waals surface area (Å²) in [6.45, 7) is 3.01. The quantitative estimate of drug-likeness (QED) is 0.617. The van der Waals surface area contributed by atoms with Gasteiger partial charge >= 0.3 is 0 Å². The second-order valence-corrected chi connectivity index (χ2v) is 5.25. The van der Waals surface area contributed by atoms with Crippen LogP contribution in [0.5, 0.6) is 0 Å². The third-order valence-corrected chi connectivity index (χ3v) is 3.62. The van der Waals surface area contributed by atoms with Gasteiger partial charge in [0.25, 0.3) is 0 Å². The fourth-order valence-corrected chi connectivity index (χ4v) is 2.03. The van der Waals surface area contributed by atoms with E-state index in [4.69, 9.17) is 4.74 Å². The third-order valence-electron chi connectivity index (χ3n) is 1.86. The summed E-state index contributed by atoms with van der Waals surface area (Å²) in [5.74, 6) is 0.988. The molecule has 0 aliphatic carbocycles. The zero-order valence-electron chi connectivity index (χ0n) is 7.29. The maximum Gasteiger partial charge on any atom is 0.0982 e. The van der Waals surface area contributed by atoms with Gasteiger partial charge in [-0.3, -0.25) is 0 Å². The molecule has 1 aromatic rings. The largest absolute Gasteiger partial charge is 0.369 e. The topological polar surface area (TPSA) is 25.4 Å². The maximum absolute atomic E-state index is 5.28. The lowest BCUT2D eigenvalue weighted by atomic mass is 10.3. The van der Waals surface area contributed by atoms with Crippen molar-refractivity contribution < 1.29 is 4.74 Å². The van der Waals surface area contributed by atoms with Crippen LogP contribution in [-0.2, 0) is 4.74 Å². The van der Waals surface area contributed by atoms with Crippen molar-refractivity contribution in [3.05, 3.63) is 22.8 Å². The van der Waals surface area contributed by atoms with Crippen molar-refractivity contribution in [2.45, 2.75) is 17.6 Å². The molecular weight excluding hydrogens is 250 g/mol. The first-order valence-electron chi connectivity index (χ1n) is 4.06. The first kappa shape index (κ1) is 9.49. The van der Waals surface area contributed by atoms with Crippen LogP contribution in [0, 0.1) is 0 Å². The van der Waals surface area contributed by atoms with E-state index in [1.807, 2.05) is 18.3 Å². The Morgan fingerprint density at radius 2 is 2.46 bits per heavy atom. The van der Waals surface area contributed by atoms with E-state index in [2.05, 4.69) is 27.8 Å². The molecule has 4 heteroatoms. The minimum atomic E-state index is 0.111. The molecule has 13 heavy (non-hydrogen) atoms. The second-order valence-electron chi connectivity index (χ2n) is 3.34. The highest BCUT2D eigenvalue weighted by Crippen LogP contribution is 2.32. The molecule has 2 rings (SSSR count). The number of halogens is 1. The summed E-state index contributed by atoms with van der Waals surface area (Å²) in [4.78, 5) is 4.27. The lowest BCUT2D eigenvalue weighted by Gasteiger charge is -2.03. The lowest BCUT2D eigenvalue weighted by molar-refractivity contribution is 0.348. The number of epoxide rings is 1. The number of hydrogen-bond donors (Lipinski definition) is 0. The van der Waals surface area contributed by atoms with Gasteiger partial charge < -0.3 is 4.74 Å². The zero-order valence-corrected chi connectivity index (χ0v) is 9.69. The van der Waals surface area contributed by atoms with Gasteiger partial charge in [-0.2, -0.15) is 0 Å². The monoisotopic (exact) mass is 259 g/mol. The molecule has 0 bridgehead atoms. The summed E-state index contributed by atoms with van der Waals surface area (Å²) < 4.78 is 6.30. The van der Waals surface area contributed by atoms with Crippen LogP contribution < -0.4 is 0 Å². The SMILES string of the molecule is CC1(CSc2ccc(Br)cn2)CO1. The number of hydrogen-bond acceptors (Lipinski definition) is 3. The Labute approximate surface area is 90.2 Å². The molecule has 0 saturated carbocycles. The number of pyridine rings is 1. The van der Waals surface area contributed by atoms with Crippen LogP contribution in [-0.4, -0.2) is 22.9 Å². The lowest BCUT2D eigenvalue weighted by Crippen LogP contribution is -2.07.